The molecule has 6 heteroatoms. The Morgan fingerprint density at radius 3 is 1.34 bits per heavy atom. The summed E-state index contributed by atoms with van der Waals surface area (Å²) in [4.78, 5) is 22.7. The number of rotatable bonds is 8. The number of ether oxygens (including phenoxy) is 2. The van der Waals surface area contributed by atoms with Crippen LogP contribution in [0.3, 0.4) is 0 Å². The van der Waals surface area contributed by atoms with Crippen LogP contribution in [0.4, 0.5) is 0 Å². The van der Waals surface area contributed by atoms with Gasteiger partial charge >= 0.3 is 11.9 Å². The van der Waals surface area contributed by atoms with E-state index in [1.807, 2.05) is 48.5 Å². The number of hydrogen-bond donors (Lipinski definition) is 2. The van der Waals surface area contributed by atoms with Crippen molar-refractivity contribution in [2.75, 3.05) is 0 Å². The van der Waals surface area contributed by atoms with E-state index in [-0.39, 0.29) is 5.41 Å². The van der Waals surface area contributed by atoms with Crippen molar-refractivity contribution in [3.8, 4) is 11.5 Å². The van der Waals surface area contributed by atoms with Gasteiger partial charge in [0.25, 0.3) is 0 Å². The van der Waals surface area contributed by atoms with Crippen LogP contribution in [0, 0.1) is 0 Å². The van der Waals surface area contributed by atoms with Gasteiger partial charge in [-0.2, -0.15) is 0 Å². The van der Waals surface area contributed by atoms with E-state index in [0.717, 1.165) is 36.8 Å². The molecule has 1 aliphatic rings. The Balaban J connectivity index is 1.89. The molecule has 1 aliphatic carbocycles. The number of carbonyl (C=O) groups is 2. The van der Waals surface area contributed by atoms with Gasteiger partial charge in [0.05, 0.1) is 0 Å². The fourth-order valence-corrected chi connectivity index (χ4v) is 4.26. The van der Waals surface area contributed by atoms with Crippen LogP contribution < -0.4 is 9.47 Å². The maximum atomic E-state index is 11.4. The van der Waals surface area contributed by atoms with Crippen LogP contribution in [0.1, 0.15) is 70.9 Å². The number of aliphatic carboxylic acids is 2. The predicted octanol–water partition coefficient (Wildman–Crippen LogP) is 5.42. The lowest BCUT2D eigenvalue weighted by molar-refractivity contribution is -0.152. The van der Waals surface area contributed by atoms with E-state index in [9.17, 15) is 19.8 Å². The maximum Gasteiger partial charge on any atom is 0.347 e. The topological polar surface area (TPSA) is 93.1 Å². The van der Waals surface area contributed by atoms with Gasteiger partial charge in [-0.15, -0.1) is 0 Å². The molecule has 3 rings (SSSR count). The number of benzene rings is 2. The lowest BCUT2D eigenvalue weighted by atomic mass is 9.65. The van der Waals surface area contributed by atoms with Crippen LogP contribution in [0.15, 0.2) is 48.5 Å². The van der Waals surface area contributed by atoms with Gasteiger partial charge in [-0.05, 0) is 75.9 Å². The molecule has 172 valence electrons. The van der Waals surface area contributed by atoms with E-state index in [0.29, 0.717) is 11.5 Å². The molecule has 0 bridgehead atoms. The molecule has 0 unspecified atom stereocenters. The van der Waals surface area contributed by atoms with E-state index in [4.69, 9.17) is 9.47 Å². The minimum Gasteiger partial charge on any atom is -0.478 e. The Bertz CT molecular complexity index is 877. The van der Waals surface area contributed by atoms with E-state index in [1.165, 1.54) is 34.1 Å². The molecular weight excluding hydrogens is 408 g/mol. The van der Waals surface area contributed by atoms with E-state index in [2.05, 4.69) is 0 Å². The minimum absolute atomic E-state index is 0.153. The maximum absolute atomic E-state index is 11.4. The second-order valence-corrected chi connectivity index (χ2v) is 9.53. The number of hydrogen-bond acceptors (Lipinski definition) is 4. The third-order valence-corrected chi connectivity index (χ3v) is 6.30. The molecule has 0 spiro atoms. The highest BCUT2D eigenvalue weighted by Crippen LogP contribution is 2.45. The second kappa shape index (κ2) is 8.85. The van der Waals surface area contributed by atoms with Crippen LogP contribution in [-0.4, -0.2) is 33.4 Å². The highest BCUT2D eigenvalue weighted by Gasteiger charge is 2.36. The first-order valence-corrected chi connectivity index (χ1v) is 11.0. The first-order valence-electron chi connectivity index (χ1n) is 11.0. The molecular formula is C26H32O6. The zero-order valence-electron chi connectivity index (χ0n) is 19.2. The average molecular weight is 441 g/mol. The molecule has 0 amide bonds. The Morgan fingerprint density at radius 2 is 1.03 bits per heavy atom. The zero-order valence-corrected chi connectivity index (χ0v) is 19.2. The second-order valence-electron chi connectivity index (χ2n) is 9.53. The van der Waals surface area contributed by atoms with Crippen LogP contribution in [0.2, 0.25) is 0 Å². The highest BCUT2D eigenvalue weighted by atomic mass is 16.5. The van der Waals surface area contributed by atoms with Gasteiger partial charge < -0.3 is 19.7 Å². The third kappa shape index (κ3) is 4.90. The molecule has 1 fully saturated rings. The van der Waals surface area contributed by atoms with Gasteiger partial charge in [0, 0.05) is 5.41 Å². The van der Waals surface area contributed by atoms with Crippen LogP contribution in [0.5, 0.6) is 11.5 Å². The molecule has 2 aromatic rings. The van der Waals surface area contributed by atoms with Crippen molar-refractivity contribution in [2.45, 2.75) is 76.4 Å². The zero-order chi connectivity index (χ0) is 23.6. The molecule has 2 N–H and O–H groups in total. The van der Waals surface area contributed by atoms with Crippen molar-refractivity contribution in [1.82, 2.24) is 0 Å². The van der Waals surface area contributed by atoms with Gasteiger partial charge in [0.1, 0.15) is 11.5 Å². The molecule has 6 nitrogen and oxygen atoms in total. The van der Waals surface area contributed by atoms with Gasteiger partial charge in [-0.1, -0.05) is 43.5 Å². The Labute approximate surface area is 189 Å². The Hall–Kier alpha value is -3.02. The largest absolute Gasteiger partial charge is 0.478 e. The predicted molar refractivity (Wildman–Crippen MR) is 121 cm³/mol. The quantitative estimate of drug-likeness (QED) is 0.569. The number of carboxylic acid groups (broad SMARTS) is 2. The first-order chi connectivity index (χ1) is 15.0. The van der Waals surface area contributed by atoms with E-state index >= 15 is 0 Å². The summed E-state index contributed by atoms with van der Waals surface area (Å²) < 4.78 is 11.3. The molecule has 32 heavy (non-hydrogen) atoms. The normalized spacial score (nSPS) is 16.2. The minimum atomic E-state index is -1.30. The standard InChI is InChI=1S/C26H32O6/c1-24(2,22(27)28)31-20-12-8-18(9-13-20)26(16-6-5-7-17-26)19-10-14-21(15-11-19)32-25(3,4)23(29)30/h8-15H,5-7,16-17H2,1-4H3,(H,27,28)(H,29,30). The SMILES string of the molecule is CC(C)(Oc1ccc(C2(c3ccc(OC(C)(C)C(=O)O)cc3)CCCCC2)cc1)C(=O)O. The lowest BCUT2D eigenvalue weighted by Gasteiger charge is -2.39. The number of carboxylic acids is 2. The van der Waals surface area contributed by atoms with Crippen molar-refractivity contribution < 1.29 is 29.3 Å². The Morgan fingerprint density at radius 1 is 0.688 bits per heavy atom. The highest BCUT2D eigenvalue weighted by molar-refractivity contribution is 5.77. The lowest BCUT2D eigenvalue weighted by Crippen LogP contribution is -2.38. The van der Waals surface area contributed by atoms with Gasteiger partial charge in [-0.25, -0.2) is 9.59 Å². The van der Waals surface area contributed by atoms with Gasteiger partial charge in [0.15, 0.2) is 11.2 Å². The molecule has 0 heterocycles. The van der Waals surface area contributed by atoms with E-state index < -0.39 is 23.1 Å². The summed E-state index contributed by atoms with van der Waals surface area (Å²) >= 11 is 0. The summed E-state index contributed by atoms with van der Waals surface area (Å²) in [7, 11) is 0. The smallest absolute Gasteiger partial charge is 0.347 e. The fraction of sp³-hybridized carbons (Fsp3) is 0.462. The van der Waals surface area contributed by atoms with Crippen molar-refractivity contribution in [1.29, 1.82) is 0 Å². The van der Waals surface area contributed by atoms with Crippen LogP contribution >= 0.6 is 0 Å². The van der Waals surface area contributed by atoms with Gasteiger partial charge in [-0.3, -0.25) is 0 Å². The van der Waals surface area contributed by atoms with Crippen LogP contribution in [0.25, 0.3) is 0 Å². The summed E-state index contributed by atoms with van der Waals surface area (Å²) in [6, 6.07) is 15.4. The average Bonchev–Trinajstić information content (AvgIpc) is 2.74. The molecule has 1 saturated carbocycles. The molecule has 0 aliphatic heterocycles. The van der Waals surface area contributed by atoms with Crippen molar-refractivity contribution in [2.24, 2.45) is 0 Å². The van der Waals surface area contributed by atoms with Crippen molar-refractivity contribution in [3.63, 3.8) is 0 Å². The molecule has 0 aromatic heterocycles. The first kappa shape index (κ1) is 23.6. The molecule has 0 saturated heterocycles. The summed E-state index contributed by atoms with van der Waals surface area (Å²) in [5.41, 5.74) is -0.429. The summed E-state index contributed by atoms with van der Waals surface area (Å²) in [5.74, 6) is -0.990. The summed E-state index contributed by atoms with van der Waals surface area (Å²) in [5, 5.41) is 18.6. The molecule has 0 atom stereocenters. The van der Waals surface area contributed by atoms with Crippen molar-refractivity contribution >= 4 is 11.9 Å². The summed E-state index contributed by atoms with van der Waals surface area (Å²) in [6.07, 6.45) is 5.45. The summed E-state index contributed by atoms with van der Waals surface area (Å²) in [6.45, 7) is 6.12. The van der Waals surface area contributed by atoms with E-state index in [1.54, 1.807) is 0 Å². The molecule has 0 radical (unpaired) electrons. The molecule has 2 aromatic carbocycles. The third-order valence-electron chi connectivity index (χ3n) is 6.30. The Kier molecular flexibility index (Phi) is 6.54. The fourth-order valence-electron chi connectivity index (χ4n) is 4.26. The van der Waals surface area contributed by atoms with Gasteiger partial charge in [0.2, 0.25) is 0 Å². The monoisotopic (exact) mass is 440 g/mol. The van der Waals surface area contributed by atoms with Crippen LogP contribution in [-0.2, 0) is 15.0 Å². The van der Waals surface area contributed by atoms with Crippen molar-refractivity contribution in [3.05, 3.63) is 59.7 Å².